The second kappa shape index (κ2) is 8.19. The first-order valence-corrected chi connectivity index (χ1v) is 11.9. The number of hydrogen-bond acceptors (Lipinski definition) is 4. The average Bonchev–Trinajstić information content (AvgIpc) is 3.53. The Morgan fingerprint density at radius 1 is 1.00 bits per heavy atom. The van der Waals surface area contributed by atoms with Crippen LogP contribution in [0.1, 0.15) is 46.0 Å². The topological polar surface area (TPSA) is 52.7 Å². The normalized spacial score (nSPS) is 23.7. The summed E-state index contributed by atoms with van der Waals surface area (Å²) in [6, 6.07) is 19.7. The number of benzene rings is 2. The third-order valence-corrected chi connectivity index (χ3v) is 7.78. The van der Waals surface area contributed by atoms with Crippen molar-refractivity contribution in [3.63, 3.8) is 0 Å². The van der Waals surface area contributed by atoms with Crippen LogP contribution in [0.3, 0.4) is 0 Å². The largest absolute Gasteiger partial charge is 0.326 e. The maximum Gasteiger partial charge on any atom is 0.326 e. The van der Waals surface area contributed by atoms with Crippen LogP contribution in [0, 0.1) is 13.8 Å². The molecular weight excluding hydrogens is 418 g/mol. The molecule has 2 aliphatic heterocycles. The smallest absolute Gasteiger partial charge is 0.315 e. The summed E-state index contributed by atoms with van der Waals surface area (Å²) in [6.45, 7) is 5.26. The number of nitrogens with zero attached hydrogens (tertiary/aromatic N) is 2. The molecule has 0 spiro atoms. The van der Waals surface area contributed by atoms with E-state index in [2.05, 4.69) is 27.7 Å². The number of thiophene rings is 1. The van der Waals surface area contributed by atoms with Crippen LogP contribution in [0.5, 0.6) is 0 Å². The Bertz CT molecular complexity index is 1150. The summed E-state index contributed by atoms with van der Waals surface area (Å²) in [5, 5.41) is 5.17. The quantitative estimate of drug-likeness (QED) is 0.565. The lowest BCUT2D eigenvalue weighted by atomic mass is 9.81. The lowest BCUT2D eigenvalue weighted by Gasteiger charge is -2.30. The van der Waals surface area contributed by atoms with E-state index >= 15 is 0 Å². The van der Waals surface area contributed by atoms with Crippen molar-refractivity contribution in [2.24, 2.45) is 0 Å². The standard InChI is InChI=1S/C26H27N3O2S/c1-18-12-13-21(16-19(18)2)26(20-8-4-3-5-9-20)24(30)29(25(31)27-26)17-28-14-6-10-22(28)23-11-7-15-32-23/h3-5,7-9,11-13,15-16,22H,6,10,14,17H2,1-2H3,(H,27,31)/t22-,26+/m1/s1. The van der Waals surface area contributed by atoms with Crippen LogP contribution in [0.15, 0.2) is 66.0 Å². The molecule has 1 aromatic heterocycles. The van der Waals surface area contributed by atoms with Crippen molar-refractivity contribution in [2.45, 2.75) is 38.3 Å². The van der Waals surface area contributed by atoms with E-state index in [1.54, 1.807) is 11.3 Å². The van der Waals surface area contributed by atoms with Gasteiger partial charge < -0.3 is 5.32 Å². The van der Waals surface area contributed by atoms with E-state index < -0.39 is 5.54 Å². The summed E-state index contributed by atoms with van der Waals surface area (Å²) in [4.78, 5) is 32.2. The summed E-state index contributed by atoms with van der Waals surface area (Å²) in [5.74, 6) is -0.214. The van der Waals surface area contributed by atoms with Crippen molar-refractivity contribution < 1.29 is 9.59 Å². The van der Waals surface area contributed by atoms with Gasteiger partial charge in [-0.1, -0.05) is 54.6 Å². The molecule has 2 aliphatic rings. The van der Waals surface area contributed by atoms with Crippen LogP contribution in [0.25, 0.3) is 0 Å². The number of carbonyl (C=O) groups excluding carboxylic acids is 2. The highest BCUT2D eigenvalue weighted by Crippen LogP contribution is 2.39. The summed E-state index contributed by atoms with van der Waals surface area (Å²) >= 11 is 1.73. The van der Waals surface area contributed by atoms with E-state index in [9.17, 15) is 9.59 Å². The molecule has 5 nitrogen and oxygen atoms in total. The van der Waals surface area contributed by atoms with Crippen LogP contribution >= 0.6 is 11.3 Å². The van der Waals surface area contributed by atoms with Crippen LogP contribution < -0.4 is 5.32 Å². The Labute approximate surface area is 192 Å². The Hall–Kier alpha value is -2.96. The molecule has 3 amide bonds. The Morgan fingerprint density at radius 2 is 1.81 bits per heavy atom. The number of nitrogens with one attached hydrogen (secondary N) is 1. The minimum absolute atomic E-state index is 0.214. The van der Waals surface area contributed by atoms with Crippen molar-refractivity contribution in [1.82, 2.24) is 15.1 Å². The molecule has 0 aliphatic carbocycles. The van der Waals surface area contributed by atoms with Crippen molar-refractivity contribution >= 4 is 23.3 Å². The highest BCUT2D eigenvalue weighted by atomic mass is 32.1. The molecule has 2 saturated heterocycles. The van der Waals surface area contributed by atoms with Gasteiger partial charge in [-0.25, -0.2) is 9.69 Å². The number of aryl methyl sites for hydroxylation is 2. The van der Waals surface area contributed by atoms with E-state index in [1.165, 1.54) is 9.78 Å². The third-order valence-electron chi connectivity index (χ3n) is 6.81. The molecule has 0 saturated carbocycles. The maximum absolute atomic E-state index is 14.0. The van der Waals surface area contributed by atoms with Crippen LogP contribution in [0.4, 0.5) is 4.79 Å². The van der Waals surface area contributed by atoms with E-state index in [0.29, 0.717) is 6.67 Å². The summed E-state index contributed by atoms with van der Waals surface area (Å²) in [5.41, 5.74) is 2.61. The molecule has 5 rings (SSSR count). The lowest BCUT2D eigenvalue weighted by Crippen LogP contribution is -2.46. The summed E-state index contributed by atoms with van der Waals surface area (Å²) in [7, 11) is 0. The molecule has 6 heteroatoms. The van der Waals surface area contributed by atoms with Gasteiger partial charge >= 0.3 is 6.03 Å². The molecule has 3 aromatic rings. The van der Waals surface area contributed by atoms with E-state index in [-0.39, 0.29) is 18.0 Å². The second-order valence-electron chi connectivity index (χ2n) is 8.71. The molecule has 0 radical (unpaired) electrons. The molecule has 3 heterocycles. The van der Waals surface area contributed by atoms with Gasteiger partial charge in [0.05, 0.1) is 6.67 Å². The summed E-state index contributed by atoms with van der Waals surface area (Å²) in [6.07, 6.45) is 2.11. The first kappa shape index (κ1) is 20.9. The van der Waals surface area contributed by atoms with E-state index in [0.717, 1.165) is 41.6 Å². The molecule has 0 unspecified atom stereocenters. The van der Waals surface area contributed by atoms with Crippen LogP contribution in [-0.2, 0) is 10.3 Å². The van der Waals surface area contributed by atoms with Gasteiger partial charge in [0.1, 0.15) is 0 Å². The zero-order chi connectivity index (χ0) is 22.3. The van der Waals surface area contributed by atoms with E-state index in [4.69, 9.17) is 0 Å². The molecule has 2 fully saturated rings. The van der Waals surface area contributed by atoms with Crippen LogP contribution in [0.2, 0.25) is 0 Å². The summed E-state index contributed by atoms with van der Waals surface area (Å²) < 4.78 is 0. The number of imide groups is 1. The minimum Gasteiger partial charge on any atom is -0.315 e. The lowest BCUT2D eigenvalue weighted by molar-refractivity contribution is -0.131. The van der Waals surface area contributed by atoms with Gasteiger partial charge in [0, 0.05) is 17.5 Å². The molecule has 32 heavy (non-hydrogen) atoms. The van der Waals surface area contributed by atoms with Gasteiger partial charge in [-0.05, 0) is 60.4 Å². The monoisotopic (exact) mass is 445 g/mol. The van der Waals surface area contributed by atoms with Crippen molar-refractivity contribution in [3.8, 4) is 0 Å². The van der Waals surface area contributed by atoms with Crippen molar-refractivity contribution in [3.05, 3.63) is 93.2 Å². The second-order valence-corrected chi connectivity index (χ2v) is 9.68. The third kappa shape index (κ3) is 3.34. The van der Waals surface area contributed by atoms with Gasteiger partial charge in [0.15, 0.2) is 5.54 Å². The molecule has 1 N–H and O–H groups in total. The number of likely N-dealkylation sites (tertiary alicyclic amines) is 1. The van der Waals surface area contributed by atoms with Gasteiger partial charge in [0.2, 0.25) is 0 Å². The molecule has 0 bridgehead atoms. The molecular formula is C26H27N3O2S. The average molecular weight is 446 g/mol. The molecule has 2 aromatic carbocycles. The highest BCUT2D eigenvalue weighted by molar-refractivity contribution is 7.10. The molecule has 164 valence electrons. The predicted molar refractivity (Wildman–Crippen MR) is 126 cm³/mol. The van der Waals surface area contributed by atoms with Gasteiger partial charge in [-0.2, -0.15) is 0 Å². The zero-order valence-corrected chi connectivity index (χ0v) is 19.2. The number of rotatable bonds is 5. The molecule has 2 atom stereocenters. The SMILES string of the molecule is Cc1ccc([C@]2(c3ccccc3)NC(=O)N(CN3CCC[C@@H]3c3cccs3)C2=O)cc1C. The highest BCUT2D eigenvalue weighted by Gasteiger charge is 2.54. The Morgan fingerprint density at radius 3 is 2.53 bits per heavy atom. The number of carbonyl (C=O) groups is 2. The number of amides is 3. The van der Waals surface area contributed by atoms with Gasteiger partial charge in [-0.3, -0.25) is 9.69 Å². The van der Waals surface area contributed by atoms with E-state index in [1.807, 2.05) is 62.4 Å². The van der Waals surface area contributed by atoms with Crippen LogP contribution in [-0.4, -0.2) is 35.0 Å². The first-order chi connectivity index (χ1) is 15.5. The maximum atomic E-state index is 14.0. The Kier molecular flexibility index (Phi) is 5.35. The van der Waals surface area contributed by atoms with Crippen molar-refractivity contribution in [2.75, 3.05) is 13.2 Å². The zero-order valence-electron chi connectivity index (χ0n) is 18.4. The fourth-order valence-electron chi connectivity index (χ4n) is 4.91. The van der Waals surface area contributed by atoms with Crippen molar-refractivity contribution in [1.29, 1.82) is 0 Å². The predicted octanol–water partition coefficient (Wildman–Crippen LogP) is 4.95. The number of urea groups is 1. The fraction of sp³-hybridized carbons (Fsp3) is 0.308. The fourth-order valence-corrected chi connectivity index (χ4v) is 5.80. The minimum atomic E-state index is -1.21. The van der Waals surface area contributed by atoms with Gasteiger partial charge in [-0.15, -0.1) is 11.3 Å². The Balaban J connectivity index is 1.53. The number of hydrogen-bond donors (Lipinski definition) is 1. The first-order valence-electron chi connectivity index (χ1n) is 11.1. The van der Waals surface area contributed by atoms with Gasteiger partial charge in [0.25, 0.3) is 5.91 Å².